The quantitative estimate of drug-likeness (QED) is 0.793. The summed E-state index contributed by atoms with van der Waals surface area (Å²) in [6, 6.07) is -0.664. The molecule has 5 nitrogen and oxygen atoms in total. The maximum Gasteiger partial charge on any atom is 0.329 e. The highest BCUT2D eigenvalue weighted by Gasteiger charge is 2.26. The second kappa shape index (κ2) is 6.67. The van der Waals surface area contributed by atoms with E-state index in [0.29, 0.717) is 11.2 Å². The number of carbonyl (C=O) groups excluding carboxylic acids is 1. The maximum atomic E-state index is 13.1. The number of ether oxygens (including phenoxy) is 1. The van der Waals surface area contributed by atoms with Crippen LogP contribution >= 0.6 is 11.3 Å². The van der Waals surface area contributed by atoms with Gasteiger partial charge in [0.15, 0.2) is 0 Å². The molecule has 0 amide bonds. The lowest BCUT2D eigenvalue weighted by Crippen LogP contribution is -2.33. The minimum atomic E-state index is -0.664. The molecule has 2 aromatic rings. The number of esters is 1. The highest BCUT2D eigenvalue weighted by molar-refractivity contribution is 7.18. The topological polar surface area (TPSA) is 61.2 Å². The molecule has 0 bridgehead atoms. The Bertz CT molecular complexity index is 837. The number of nitrogens with zero attached hydrogens (tertiary/aromatic N) is 2. The number of aryl methyl sites for hydroxylation is 3. The van der Waals surface area contributed by atoms with E-state index < -0.39 is 6.04 Å². The first-order valence-corrected chi connectivity index (χ1v) is 9.49. The summed E-state index contributed by atoms with van der Waals surface area (Å²) in [5, 5.41) is 0.712. The lowest BCUT2D eigenvalue weighted by Gasteiger charge is -2.19. The molecule has 2 heterocycles. The predicted molar refractivity (Wildman–Crippen MR) is 95.8 cm³/mol. The molecular weight excluding hydrogens is 324 g/mol. The van der Waals surface area contributed by atoms with Crippen molar-refractivity contribution in [1.82, 2.24) is 9.55 Å². The summed E-state index contributed by atoms with van der Waals surface area (Å²) >= 11 is 1.63. The van der Waals surface area contributed by atoms with E-state index in [-0.39, 0.29) is 17.6 Å². The summed E-state index contributed by atoms with van der Waals surface area (Å²) in [6.07, 6.45) is 4.84. The van der Waals surface area contributed by atoms with Crippen molar-refractivity contribution in [3.63, 3.8) is 0 Å². The van der Waals surface area contributed by atoms with E-state index in [1.54, 1.807) is 25.2 Å². The van der Waals surface area contributed by atoms with Crippen LogP contribution in [-0.2, 0) is 22.4 Å². The molecule has 0 radical (unpaired) electrons. The van der Waals surface area contributed by atoms with Gasteiger partial charge in [-0.1, -0.05) is 6.92 Å². The third-order valence-electron chi connectivity index (χ3n) is 4.82. The summed E-state index contributed by atoms with van der Waals surface area (Å²) < 4.78 is 6.90. The summed E-state index contributed by atoms with van der Waals surface area (Å²) in [7, 11) is 0. The zero-order valence-corrected chi connectivity index (χ0v) is 15.5. The van der Waals surface area contributed by atoms with E-state index in [2.05, 4.69) is 4.98 Å². The van der Waals surface area contributed by atoms with Gasteiger partial charge in [-0.25, -0.2) is 9.78 Å². The van der Waals surface area contributed by atoms with Gasteiger partial charge < -0.3 is 4.74 Å². The van der Waals surface area contributed by atoms with Crippen LogP contribution in [0.5, 0.6) is 0 Å². The molecule has 0 fully saturated rings. The fourth-order valence-corrected chi connectivity index (χ4v) is 4.56. The molecule has 2 aromatic heterocycles. The lowest BCUT2D eigenvalue weighted by atomic mass is 9.97. The molecule has 24 heavy (non-hydrogen) atoms. The smallest absolute Gasteiger partial charge is 0.329 e. The Kier molecular flexibility index (Phi) is 4.76. The van der Waals surface area contributed by atoms with Gasteiger partial charge in [-0.3, -0.25) is 9.36 Å². The van der Waals surface area contributed by atoms with Crippen LogP contribution < -0.4 is 5.56 Å². The van der Waals surface area contributed by atoms with E-state index in [9.17, 15) is 9.59 Å². The number of carbonyl (C=O) groups is 1. The highest BCUT2D eigenvalue weighted by atomic mass is 32.1. The van der Waals surface area contributed by atoms with Crippen LogP contribution in [0.2, 0.25) is 0 Å². The lowest BCUT2D eigenvalue weighted by molar-refractivity contribution is -0.152. The van der Waals surface area contributed by atoms with Crippen molar-refractivity contribution in [3.05, 3.63) is 26.6 Å². The number of hydrogen-bond acceptors (Lipinski definition) is 5. The van der Waals surface area contributed by atoms with E-state index in [1.165, 1.54) is 15.9 Å². The van der Waals surface area contributed by atoms with Gasteiger partial charge in [0.05, 0.1) is 11.5 Å². The van der Waals surface area contributed by atoms with Crippen LogP contribution in [-0.4, -0.2) is 21.6 Å². The summed E-state index contributed by atoms with van der Waals surface area (Å²) in [6.45, 7) is 7.32. The van der Waals surface area contributed by atoms with Gasteiger partial charge >= 0.3 is 5.97 Å². The molecule has 6 heteroatoms. The zero-order valence-electron chi connectivity index (χ0n) is 14.7. The molecule has 1 aliphatic rings. The van der Waals surface area contributed by atoms with Crippen molar-refractivity contribution in [2.75, 3.05) is 0 Å². The summed E-state index contributed by atoms with van der Waals surface area (Å²) in [4.78, 5) is 32.2. The second-order valence-electron chi connectivity index (χ2n) is 6.56. The Balaban J connectivity index is 2.08. The molecule has 0 aliphatic heterocycles. The minimum absolute atomic E-state index is 0.106. The van der Waals surface area contributed by atoms with Gasteiger partial charge in [0.25, 0.3) is 5.56 Å². The fourth-order valence-electron chi connectivity index (χ4n) is 3.26. The van der Waals surface area contributed by atoms with Crippen LogP contribution in [0.3, 0.4) is 0 Å². The van der Waals surface area contributed by atoms with E-state index >= 15 is 0 Å². The van der Waals surface area contributed by atoms with Crippen molar-refractivity contribution in [2.24, 2.45) is 0 Å². The van der Waals surface area contributed by atoms with Crippen LogP contribution in [0.15, 0.2) is 4.79 Å². The highest BCUT2D eigenvalue weighted by Crippen LogP contribution is 2.34. The Morgan fingerprint density at radius 2 is 2.04 bits per heavy atom. The van der Waals surface area contributed by atoms with Crippen molar-refractivity contribution in [2.45, 2.75) is 71.9 Å². The zero-order chi connectivity index (χ0) is 17.4. The summed E-state index contributed by atoms with van der Waals surface area (Å²) in [5.41, 5.74) is 1.04. The van der Waals surface area contributed by atoms with Gasteiger partial charge in [-0.2, -0.15) is 0 Å². The molecule has 130 valence electrons. The van der Waals surface area contributed by atoms with Crippen LogP contribution in [0, 0.1) is 6.92 Å². The van der Waals surface area contributed by atoms with Gasteiger partial charge in [0.2, 0.25) is 0 Å². The molecule has 0 saturated heterocycles. The summed E-state index contributed by atoms with van der Waals surface area (Å²) in [5.74, 6) is 0.194. The molecule has 0 aromatic carbocycles. The van der Waals surface area contributed by atoms with Gasteiger partial charge in [-0.15, -0.1) is 11.3 Å². The molecule has 1 aliphatic carbocycles. The van der Waals surface area contributed by atoms with Gasteiger partial charge in [-0.05, 0) is 58.4 Å². The standard InChI is InChI=1S/C18H24N2O3S/c1-5-10(2)23-18(22)11(3)20-12(4)19-16-15(17(20)21)13-8-6-7-9-14(13)24-16/h10-11H,5-9H2,1-4H3. The Morgan fingerprint density at radius 1 is 1.33 bits per heavy atom. The Hall–Kier alpha value is -1.69. The molecule has 2 atom stereocenters. The third kappa shape index (κ3) is 2.88. The van der Waals surface area contributed by atoms with E-state index in [0.717, 1.165) is 36.1 Å². The third-order valence-corrected chi connectivity index (χ3v) is 6.00. The first-order valence-electron chi connectivity index (χ1n) is 8.67. The van der Waals surface area contributed by atoms with Crippen molar-refractivity contribution >= 4 is 27.5 Å². The molecule has 2 unspecified atom stereocenters. The number of fused-ring (bicyclic) bond motifs is 3. The average Bonchev–Trinajstić information content (AvgIpc) is 2.92. The number of rotatable bonds is 4. The molecule has 0 N–H and O–H groups in total. The number of hydrogen-bond donors (Lipinski definition) is 0. The predicted octanol–water partition coefficient (Wildman–Crippen LogP) is 3.55. The maximum absolute atomic E-state index is 13.1. The average molecular weight is 348 g/mol. The molecule has 3 rings (SSSR count). The first kappa shape index (κ1) is 17.1. The largest absolute Gasteiger partial charge is 0.461 e. The van der Waals surface area contributed by atoms with Crippen LogP contribution in [0.1, 0.15) is 62.3 Å². The van der Waals surface area contributed by atoms with Crippen molar-refractivity contribution < 1.29 is 9.53 Å². The van der Waals surface area contributed by atoms with Crippen LogP contribution in [0.4, 0.5) is 0 Å². The van der Waals surface area contributed by atoms with Crippen molar-refractivity contribution in [3.8, 4) is 0 Å². The molecule has 0 saturated carbocycles. The normalized spacial score (nSPS) is 16.7. The van der Waals surface area contributed by atoms with Crippen LogP contribution in [0.25, 0.3) is 10.2 Å². The van der Waals surface area contributed by atoms with E-state index in [1.807, 2.05) is 13.8 Å². The molecular formula is C18H24N2O3S. The number of aromatic nitrogens is 2. The second-order valence-corrected chi connectivity index (χ2v) is 7.64. The monoisotopic (exact) mass is 348 g/mol. The fraction of sp³-hybridized carbons (Fsp3) is 0.611. The molecule has 0 spiro atoms. The van der Waals surface area contributed by atoms with Gasteiger partial charge in [0, 0.05) is 4.88 Å². The van der Waals surface area contributed by atoms with Crippen molar-refractivity contribution in [1.29, 1.82) is 0 Å². The SMILES string of the molecule is CCC(C)OC(=O)C(C)n1c(C)nc2sc3c(c2c1=O)CCCC3. The van der Waals surface area contributed by atoms with Gasteiger partial charge in [0.1, 0.15) is 16.7 Å². The minimum Gasteiger partial charge on any atom is -0.461 e. The Labute approximate surface area is 145 Å². The van der Waals surface area contributed by atoms with E-state index in [4.69, 9.17) is 4.74 Å². The first-order chi connectivity index (χ1) is 11.4. The Morgan fingerprint density at radius 3 is 2.75 bits per heavy atom. The number of thiophene rings is 1.